The average molecular weight is 295 g/mol. The Morgan fingerprint density at radius 3 is 2.55 bits per heavy atom. The highest BCUT2D eigenvalue weighted by Gasteiger charge is 2.32. The first-order valence-electron chi connectivity index (χ1n) is 8.19. The fraction of sp³-hybridized carbons (Fsp3) is 0.765. The normalized spacial score (nSPS) is 23.7. The predicted octanol–water partition coefficient (Wildman–Crippen LogP) is 4.05. The van der Waals surface area contributed by atoms with E-state index in [-0.39, 0.29) is 0 Å². The summed E-state index contributed by atoms with van der Waals surface area (Å²) in [4.78, 5) is 5.73. The molecule has 1 atom stereocenters. The van der Waals surface area contributed by atoms with E-state index < -0.39 is 0 Å². The summed E-state index contributed by atoms with van der Waals surface area (Å²) >= 11 is 1.99. The monoisotopic (exact) mass is 294 g/mol. The molecule has 1 unspecified atom stereocenters. The smallest absolute Gasteiger partial charge is 0.0331 e. The number of hydrogen-bond donors (Lipinski definition) is 1. The second kappa shape index (κ2) is 7.06. The highest BCUT2D eigenvalue weighted by Crippen LogP contribution is 2.26. The van der Waals surface area contributed by atoms with E-state index in [4.69, 9.17) is 0 Å². The van der Waals surface area contributed by atoms with Crippen LogP contribution in [0, 0.1) is 0 Å². The van der Waals surface area contributed by atoms with Crippen molar-refractivity contribution in [3.8, 4) is 0 Å². The molecule has 1 aliphatic rings. The zero-order chi connectivity index (χ0) is 14.6. The third-order valence-electron chi connectivity index (χ3n) is 4.97. The van der Waals surface area contributed by atoms with Crippen molar-refractivity contribution in [2.45, 2.75) is 71.5 Å². The molecule has 0 bridgehead atoms. The van der Waals surface area contributed by atoms with Crippen LogP contribution >= 0.6 is 11.3 Å². The Labute approximate surface area is 128 Å². The molecule has 0 aromatic carbocycles. The summed E-state index contributed by atoms with van der Waals surface area (Å²) in [5.41, 5.74) is 0.315. The first-order chi connectivity index (χ1) is 9.62. The second-order valence-corrected chi connectivity index (χ2v) is 7.43. The lowest BCUT2D eigenvalue weighted by Crippen LogP contribution is -2.51. The molecule has 0 radical (unpaired) electrons. The maximum Gasteiger partial charge on any atom is 0.0331 e. The van der Waals surface area contributed by atoms with Crippen LogP contribution in [0.15, 0.2) is 12.1 Å². The molecule has 0 amide bonds. The second-order valence-electron chi connectivity index (χ2n) is 6.18. The van der Waals surface area contributed by atoms with Crippen molar-refractivity contribution in [1.82, 2.24) is 10.2 Å². The molecular weight excluding hydrogens is 264 g/mol. The van der Waals surface area contributed by atoms with Gasteiger partial charge in [0.15, 0.2) is 0 Å². The average Bonchev–Trinajstić information content (AvgIpc) is 2.86. The molecule has 1 saturated heterocycles. The Kier molecular flexibility index (Phi) is 5.65. The van der Waals surface area contributed by atoms with Crippen LogP contribution in [0.1, 0.15) is 56.7 Å². The molecule has 2 rings (SSSR count). The molecule has 1 aromatic heterocycles. The molecule has 0 aliphatic carbocycles. The number of thiophene rings is 1. The summed E-state index contributed by atoms with van der Waals surface area (Å²) in [6.07, 6.45) is 4.86. The van der Waals surface area contributed by atoms with Gasteiger partial charge < -0.3 is 5.32 Å². The van der Waals surface area contributed by atoms with Crippen LogP contribution in [-0.2, 0) is 13.0 Å². The van der Waals surface area contributed by atoms with Crippen molar-refractivity contribution in [1.29, 1.82) is 0 Å². The lowest BCUT2D eigenvalue weighted by molar-refractivity contribution is 0.153. The molecule has 3 heteroatoms. The van der Waals surface area contributed by atoms with Crippen LogP contribution in [0.5, 0.6) is 0 Å². The minimum atomic E-state index is 0.315. The summed E-state index contributed by atoms with van der Waals surface area (Å²) in [6.45, 7) is 12.7. The lowest BCUT2D eigenvalue weighted by atomic mass is 9.92. The molecule has 1 aromatic rings. The Bertz CT molecular complexity index is 409. The van der Waals surface area contributed by atoms with Crippen molar-refractivity contribution < 1.29 is 0 Å². The molecule has 20 heavy (non-hydrogen) atoms. The molecule has 1 fully saturated rings. The Hall–Kier alpha value is -0.380. The standard InChI is InChI=1S/C17H30N2S/c1-5-15-8-9-16(20-15)12-19-13-17(6-2,7-3)18-11-10-14(19)4/h8-9,14,18H,5-7,10-13H2,1-4H3. The summed E-state index contributed by atoms with van der Waals surface area (Å²) in [5.74, 6) is 0. The summed E-state index contributed by atoms with van der Waals surface area (Å²) in [7, 11) is 0. The molecule has 0 saturated carbocycles. The SMILES string of the molecule is CCc1ccc(CN2CC(CC)(CC)NCCC2C)s1. The van der Waals surface area contributed by atoms with E-state index in [2.05, 4.69) is 50.0 Å². The van der Waals surface area contributed by atoms with E-state index in [1.807, 2.05) is 11.3 Å². The number of nitrogens with zero attached hydrogens (tertiary/aromatic N) is 1. The first kappa shape index (κ1) is 16.0. The number of hydrogen-bond acceptors (Lipinski definition) is 3. The largest absolute Gasteiger partial charge is 0.310 e. The van der Waals surface area contributed by atoms with Gasteiger partial charge >= 0.3 is 0 Å². The van der Waals surface area contributed by atoms with Crippen LogP contribution in [0.3, 0.4) is 0 Å². The Morgan fingerprint density at radius 2 is 1.95 bits per heavy atom. The van der Waals surface area contributed by atoms with Crippen molar-refractivity contribution in [2.24, 2.45) is 0 Å². The third kappa shape index (κ3) is 3.63. The van der Waals surface area contributed by atoms with Crippen LogP contribution in [-0.4, -0.2) is 29.6 Å². The number of rotatable bonds is 5. The van der Waals surface area contributed by atoms with Gasteiger partial charge in [-0.15, -0.1) is 11.3 Å². The van der Waals surface area contributed by atoms with Crippen molar-refractivity contribution in [2.75, 3.05) is 13.1 Å². The van der Waals surface area contributed by atoms with E-state index >= 15 is 0 Å². The molecule has 114 valence electrons. The van der Waals surface area contributed by atoms with Crippen LogP contribution < -0.4 is 5.32 Å². The zero-order valence-electron chi connectivity index (χ0n) is 13.5. The maximum atomic E-state index is 3.82. The van der Waals surface area contributed by atoms with E-state index in [0.717, 1.165) is 19.5 Å². The van der Waals surface area contributed by atoms with Gasteiger partial charge in [-0.1, -0.05) is 20.8 Å². The lowest BCUT2D eigenvalue weighted by Gasteiger charge is -2.37. The van der Waals surface area contributed by atoms with Gasteiger partial charge in [0.2, 0.25) is 0 Å². The fourth-order valence-electron chi connectivity index (χ4n) is 3.16. The molecule has 1 aliphatic heterocycles. The third-order valence-corrected chi connectivity index (χ3v) is 6.18. The number of aryl methyl sites for hydroxylation is 1. The minimum Gasteiger partial charge on any atom is -0.310 e. The zero-order valence-corrected chi connectivity index (χ0v) is 14.4. The molecule has 0 spiro atoms. The van der Waals surface area contributed by atoms with Crippen LogP contribution in [0.25, 0.3) is 0 Å². The highest BCUT2D eigenvalue weighted by atomic mass is 32.1. The Morgan fingerprint density at radius 1 is 1.25 bits per heavy atom. The summed E-state index contributed by atoms with van der Waals surface area (Å²) in [5, 5.41) is 3.82. The van der Waals surface area contributed by atoms with Crippen LogP contribution in [0.2, 0.25) is 0 Å². The fourth-order valence-corrected chi connectivity index (χ4v) is 4.15. The highest BCUT2D eigenvalue weighted by molar-refractivity contribution is 7.11. The quantitative estimate of drug-likeness (QED) is 0.881. The topological polar surface area (TPSA) is 15.3 Å². The van der Waals surface area contributed by atoms with E-state index in [1.165, 1.54) is 35.6 Å². The van der Waals surface area contributed by atoms with Crippen molar-refractivity contribution in [3.05, 3.63) is 21.9 Å². The van der Waals surface area contributed by atoms with E-state index in [1.54, 1.807) is 0 Å². The van der Waals surface area contributed by atoms with Crippen LogP contribution in [0.4, 0.5) is 0 Å². The van der Waals surface area contributed by atoms with Gasteiger partial charge in [0.05, 0.1) is 0 Å². The predicted molar refractivity (Wildman–Crippen MR) is 89.5 cm³/mol. The van der Waals surface area contributed by atoms with Gasteiger partial charge in [0.1, 0.15) is 0 Å². The number of nitrogens with one attached hydrogen (secondary N) is 1. The Balaban J connectivity index is 2.10. The van der Waals surface area contributed by atoms with Gasteiger partial charge in [0.25, 0.3) is 0 Å². The van der Waals surface area contributed by atoms with Gasteiger partial charge in [-0.2, -0.15) is 0 Å². The minimum absolute atomic E-state index is 0.315. The van der Waals surface area contributed by atoms with Crippen molar-refractivity contribution in [3.63, 3.8) is 0 Å². The summed E-state index contributed by atoms with van der Waals surface area (Å²) < 4.78 is 0. The van der Waals surface area contributed by atoms with Gasteiger partial charge in [-0.3, -0.25) is 4.90 Å². The molecule has 1 N–H and O–H groups in total. The van der Waals surface area contributed by atoms with E-state index in [0.29, 0.717) is 11.6 Å². The maximum absolute atomic E-state index is 3.82. The molecular formula is C17H30N2S. The van der Waals surface area contributed by atoms with E-state index in [9.17, 15) is 0 Å². The first-order valence-corrected chi connectivity index (χ1v) is 9.00. The van der Waals surface area contributed by atoms with Gasteiger partial charge in [-0.25, -0.2) is 0 Å². The summed E-state index contributed by atoms with van der Waals surface area (Å²) in [6, 6.07) is 5.30. The molecule has 2 nitrogen and oxygen atoms in total. The van der Waals surface area contributed by atoms with Crippen molar-refractivity contribution >= 4 is 11.3 Å². The van der Waals surface area contributed by atoms with Gasteiger partial charge in [-0.05, 0) is 51.3 Å². The van der Waals surface area contributed by atoms with Gasteiger partial charge in [0, 0.05) is 34.4 Å². The molecule has 2 heterocycles.